The molecule has 0 spiro atoms. The predicted molar refractivity (Wildman–Crippen MR) is 106 cm³/mol. The van der Waals surface area contributed by atoms with Crippen LogP contribution in [0.5, 0.6) is 0 Å². The third-order valence-electron chi connectivity index (χ3n) is 5.34. The Bertz CT molecular complexity index is 1030. The average Bonchev–Trinajstić information content (AvgIpc) is 3.13. The van der Waals surface area contributed by atoms with Crippen molar-refractivity contribution in [2.24, 2.45) is 0 Å². The molecule has 1 aliphatic rings. The van der Waals surface area contributed by atoms with Crippen molar-refractivity contribution in [1.29, 1.82) is 0 Å². The number of aromatic amines is 1. The standard InChI is InChI=1S/C22H23N3O2/c1-14-20(17-10-6-7-11-18(17)23-14)21-15-8-4-5-9-16(15)22(27)25(21)13-12-19(26)24(2)3/h4-11,21,23H,12-13H2,1-3H3/t21-/m0/s1. The Morgan fingerprint density at radius 3 is 2.59 bits per heavy atom. The van der Waals surface area contributed by atoms with Crippen molar-refractivity contribution < 1.29 is 9.59 Å². The monoisotopic (exact) mass is 361 g/mol. The summed E-state index contributed by atoms with van der Waals surface area (Å²) in [5.74, 6) is 0.0139. The smallest absolute Gasteiger partial charge is 0.255 e. The number of carbonyl (C=O) groups excluding carboxylic acids is 2. The van der Waals surface area contributed by atoms with Crippen molar-refractivity contribution in [2.75, 3.05) is 20.6 Å². The summed E-state index contributed by atoms with van der Waals surface area (Å²) in [4.78, 5) is 32.1. The van der Waals surface area contributed by atoms with E-state index in [9.17, 15) is 9.59 Å². The number of nitrogens with zero attached hydrogens (tertiary/aromatic N) is 2. The van der Waals surface area contributed by atoms with Crippen LogP contribution < -0.4 is 0 Å². The third-order valence-corrected chi connectivity index (χ3v) is 5.34. The minimum absolute atomic E-state index is 0.00756. The van der Waals surface area contributed by atoms with Gasteiger partial charge in [-0.2, -0.15) is 0 Å². The van der Waals surface area contributed by atoms with Gasteiger partial charge in [-0.15, -0.1) is 0 Å². The van der Waals surface area contributed by atoms with E-state index in [1.54, 1.807) is 19.0 Å². The Hall–Kier alpha value is -3.08. The lowest BCUT2D eigenvalue weighted by atomic mass is 9.95. The maximum Gasteiger partial charge on any atom is 0.255 e. The summed E-state index contributed by atoms with van der Waals surface area (Å²) in [5.41, 5.74) is 4.96. The van der Waals surface area contributed by atoms with Crippen LogP contribution in [0.1, 0.15) is 39.6 Å². The highest BCUT2D eigenvalue weighted by Gasteiger charge is 2.39. The van der Waals surface area contributed by atoms with Crippen LogP contribution in [0.25, 0.3) is 10.9 Å². The highest BCUT2D eigenvalue weighted by atomic mass is 16.2. The van der Waals surface area contributed by atoms with Crippen molar-refractivity contribution in [1.82, 2.24) is 14.8 Å². The summed E-state index contributed by atoms with van der Waals surface area (Å²) in [6, 6.07) is 15.7. The normalized spacial score (nSPS) is 16.0. The molecule has 27 heavy (non-hydrogen) atoms. The van der Waals surface area contributed by atoms with Gasteiger partial charge in [0, 0.05) is 54.8 Å². The molecule has 5 heteroatoms. The first-order chi connectivity index (χ1) is 13.0. The molecule has 4 rings (SSSR count). The molecule has 0 bridgehead atoms. The summed E-state index contributed by atoms with van der Waals surface area (Å²) in [5, 5.41) is 1.12. The number of benzene rings is 2. The van der Waals surface area contributed by atoms with E-state index in [1.165, 1.54) is 0 Å². The summed E-state index contributed by atoms with van der Waals surface area (Å²) in [6.07, 6.45) is 0.310. The highest BCUT2D eigenvalue weighted by molar-refractivity contribution is 6.01. The molecule has 0 fully saturated rings. The molecule has 2 amide bonds. The van der Waals surface area contributed by atoms with E-state index in [4.69, 9.17) is 0 Å². The van der Waals surface area contributed by atoms with E-state index in [0.717, 1.165) is 33.3 Å². The summed E-state index contributed by atoms with van der Waals surface area (Å²) < 4.78 is 0. The minimum atomic E-state index is -0.181. The van der Waals surface area contributed by atoms with Gasteiger partial charge < -0.3 is 14.8 Å². The molecule has 0 saturated carbocycles. The van der Waals surface area contributed by atoms with Gasteiger partial charge in [0.05, 0.1) is 6.04 Å². The second kappa shape index (κ2) is 6.58. The number of fused-ring (bicyclic) bond motifs is 2. The SMILES string of the molecule is Cc1[nH]c2ccccc2c1[C@@H]1c2ccccc2C(=O)N1CCC(=O)N(C)C. The van der Waals surface area contributed by atoms with Gasteiger partial charge in [-0.1, -0.05) is 36.4 Å². The van der Waals surface area contributed by atoms with Crippen molar-refractivity contribution >= 4 is 22.7 Å². The van der Waals surface area contributed by atoms with Crippen molar-refractivity contribution in [3.05, 3.63) is 70.9 Å². The summed E-state index contributed by atoms with van der Waals surface area (Å²) in [6.45, 7) is 2.44. The predicted octanol–water partition coefficient (Wildman–Crippen LogP) is 3.50. The van der Waals surface area contributed by atoms with Crippen molar-refractivity contribution in [2.45, 2.75) is 19.4 Å². The van der Waals surface area contributed by atoms with E-state index in [2.05, 4.69) is 17.1 Å². The van der Waals surface area contributed by atoms with E-state index >= 15 is 0 Å². The van der Waals surface area contributed by atoms with Crippen LogP contribution in [0.3, 0.4) is 0 Å². The topological polar surface area (TPSA) is 56.4 Å². The van der Waals surface area contributed by atoms with Gasteiger partial charge >= 0.3 is 0 Å². The van der Waals surface area contributed by atoms with E-state index in [-0.39, 0.29) is 17.9 Å². The maximum absolute atomic E-state index is 13.1. The quantitative estimate of drug-likeness (QED) is 0.773. The Labute approximate surface area is 158 Å². The Balaban J connectivity index is 1.82. The summed E-state index contributed by atoms with van der Waals surface area (Å²) in [7, 11) is 3.48. The first kappa shape index (κ1) is 17.3. The van der Waals surface area contributed by atoms with Crippen LogP contribution in [0.15, 0.2) is 48.5 Å². The molecule has 0 saturated heterocycles. The van der Waals surface area contributed by atoms with Gasteiger partial charge in [0.25, 0.3) is 5.91 Å². The molecule has 0 unspecified atom stereocenters. The van der Waals surface area contributed by atoms with Gasteiger partial charge in [0.2, 0.25) is 5.91 Å². The van der Waals surface area contributed by atoms with Crippen molar-refractivity contribution in [3.63, 3.8) is 0 Å². The number of aryl methyl sites for hydroxylation is 1. The fraction of sp³-hybridized carbons (Fsp3) is 0.273. The molecule has 138 valence electrons. The third kappa shape index (κ3) is 2.79. The number of aromatic nitrogens is 1. The van der Waals surface area contributed by atoms with Gasteiger partial charge in [-0.3, -0.25) is 9.59 Å². The number of para-hydroxylation sites is 1. The number of hydrogen-bond acceptors (Lipinski definition) is 2. The maximum atomic E-state index is 13.1. The van der Waals surface area contributed by atoms with Gasteiger partial charge in [0.1, 0.15) is 0 Å². The first-order valence-electron chi connectivity index (χ1n) is 9.16. The highest BCUT2D eigenvalue weighted by Crippen LogP contribution is 2.42. The fourth-order valence-electron chi connectivity index (χ4n) is 4.00. The second-order valence-electron chi connectivity index (χ2n) is 7.24. The molecular weight excluding hydrogens is 338 g/mol. The zero-order valence-corrected chi connectivity index (χ0v) is 15.8. The van der Waals surface area contributed by atoms with Gasteiger partial charge in [-0.25, -0.2) is 0 Å². The van der Waals surface area contributed by atoms with Gasteiger partial charge in [-0.05, 0) is 24.6 Å². The minimum Gasteiger partial charge on any atom is -0.358 e. The number of hydrogen-bond donors (Lipinski definition) is 1. The lowest BCUT2D eigenvalue weighted by Gasteiger charge is -2.26. The molecule has 0 radical (unpaired) electrons. The second-order valence-corrected chi connectivity index (χ2v) is 7.24. The zero-order valence-electron chi connectivity index (χ0n) is 15.8. The molecule has 5 nitrogen and oxygen atoms in total. The summed E-state index contributed by atoms with van der Waals surface area (Å²) >= 11 is 0. The number of H-pyrrole nitrogens is 1. The molecular formula is C22H23N3O2. The van der Waals surface area contributed by atoms with Crippen LogP contribution in [-0.2, 0) is 4.79 Å². The molecule has 1 aliphatic heterocycles. The molecule has 2 heterocycles. The number of carbonyl (C=O) groups is 2. The number of amides is 2. The molecule has 2 aromatic carbocycles. The molecule has 1 N–H and O–H groups in total. The fourth-order valence-corrected chi connectivity index (χ4v) is 4.00. The molecule has 3 aromatic rings. The molecule has 1 aromatic heterocycles. The zero-order chi connectivity index (χ0) is 19.1. The van der Waals surface area contributed by atoms with Crippen LogP contribution in [0, 0.1) is 6.92 Å². The van der Waals surface area contributed by atoms with E-state index in [1.807, 2.05) is 48.2 Å². The Morgan fingerprint density at radius 2 is 1.81 bits per heavy atom. The van der Waals surface area contributed by atoms with Crippen LogP contribution in [0.4, 0.5) is 0 Å². The van der Waals surface area contributed by atoms with Crippen LogP contribution >= 0.6 is 0 Å². The molecule has 1 atom stereocenters. The Kier molecular flexibility index (Phi) is 4.22. The lowest BCUT2D eigenvalue weighted by molar-refractivity contribution is -0.128. The van der Waals surface area contributed by atoms with E-state index < -0.39 is 0 Å². The number of nitrogens with one attached hydrogen (secondary N) is 1. The first-order valence-corrected chi connectivity index (χ1v) is 9.16. The Morgan fingerprint density at radius 1 is 1.11 bits per heavy atom. The van der Waals surface area contributed by atoms with E-state index in [0.29, 0.717) is 13.0 Å². The number of rotatable bonds is 4. The molecule has 0 aliphatic carbocycles. The van der Waals surface area contributed by atoms with Crippen LogP contribution in [0.2, 0.25) is 0 Å². The van der Waals surface area contributed by atoms with Crippen molar-refractivity contribution in [3.8, 4) is 0 Å². The van der Waals surface area contributed by atoms with Gasteiger partial charge in [0.15, 0.2) is 0 Å². The van der Waals surface area contributed by atoms with Crippen LogP contribution in [-0.4, -0.2) is 47.2 Å². The largest absolute Gasteiger partial charge is 0.358 e. The lowest BCUT2D eigenvalue weighted by Crippen LogP contribution is -2.33. The average molecular weight is 361 g/mol.